The summed E-state index contributed by atoms with van der Waals surface area (Å²) in [5.41, 5.74) is 6.90. The molecule has 122 valence electrons. The normalized spacial score (nSPS) is 27.9. The first-order valence-corrected chi connectivity index (χ1v) is 9.48. The molecule has 7 heteroatoms. The zero-order chi connectivity index (χ0) is 15.9. The molecule has 4 rings (SSSR count). The Morgan fingerprint density at radius 1 is 1.17 bits per heavy atom. The van der Waals surface area contributed by atoms with Crippen molar-refractivity contribution < 1.29 is 8.42 Å². The summed E-state index contributed by atoms with van der Waals surface area (Å²) in [5, 5.41) is 0.831. The maximum absolute atomic E-state index is 12.9. The van der Waals surface area contributed by atoms with Crippen LogP contribution in [-0.4, -0.2) is 32.0 Å². The minimum atomic E-state index is -3.61. The highest BCUT2D eigenvalue weighted by Gasteiger charge is 2.38. The van der Waals surface area contributed by atoms with Crippen molar-refractivity contribution in [3.05, 3.63) is 36.5 Å². The Balaban J connectivity index is 1.67. The molecule has 3 atom stereocenters. The van der Waals surface area contributed by atoms with Crippen LogP contribution in [0.4, 0.5) is 0 Å². The lowest BCUT2D eigenvalue weighted by Crippen LogP contribution is -2.52. The van der Waals surface area contributed by atoms with Crippen LogP contribution in [0.15, 0.2) is 41.4 Å². The van der Waals surface area contributed by atoms with Gasteiger partial charge in [0.05, 0.1) is 5.52 Å². The van der Waals surface area contributed by atoms with E-state index in [0.29, 0.717) is 11.4 Å². The average molecular weight is 332 g/mol. The molecular weight excluding hydrogens is 312 g/mol. The number of fused-ring (bicyclic) bond motifs is 2. The number of sulfonamides is 1. The lowest BCUT2D eigenvalue weighted by atomic mass is 9.83. The summed E-state index contributed by atoms with van der Waals surface area (Å²) in [4.78, 5) is 4.51. The van der Waals surface area contributed by atoms with E-state index in [-0.39, 0.29) is 17.0 Å². The first-order valence-electron chi connectivity index (χ1n) is 8.00. The van der Waals surface area contributed by atoms with Gasteiger partial charge in [0.15, 0.2) is 0 Å². The zero-order valence-electron chi connectivity index (χ0n) is 12.7. The quantitative estimate of drug-likeness (QED) is 0.786. The summed E-state index contributed by atoms with van der Waals surface area (Å²) in [5.74, 6) is 0.488. The molecule has 6 nitrogen and oxygen atoms in total. The van der Waals surface area contributed by atoms with E-state index in [1.54, 1.807) is 18.3 Å². The summed E-state index contributed by atoms with van der Waals surface area (Å²) in [6.45, 7) is 0.902. The number of nitrogens with zero attached hydrogens (tertiary/aromatic N) is 1. The monoisotopic (exact) mass is 332 g/mol. The molecule has 3 unspecified atom stereocenters. The molecule has 0 spiro atoms. The van der Waals surface area contributed by atoms with Gasteiger partial charge in [0.2, 0.25) is 10.0 Å². The molecule has 0 bridgehead atoms. The van der Waals surface area contributed by atoms with E-state index in [0.717, 1.165) is 31.2 Å². The van der Waals surface area contributed by atoms with Gasteiger partial charge in [0.1, 0.15) is 4.90 Å². The standard InChI is InChI=1S/C16H20N4O2S/c21-23(22,14-8-2-4-11-6-3-9-17-16(11)14)20-13-7-1-5-12-10-18-19-15(12)13/h2-4,6,8-9,12-13,15,18-20H,1,5,7,10H2. The zero-order valence-corrected chi connectivity index (χ0v) is 13.5. The molecule has 2 heterocycles. The Bertz CT molecular complexity index is 818. The molecule has 0 radical (unpaired) electrons. The van der Waals surface area contributed by atoms with E-state index >= 15 is 0 Å². The van der Waals surface area contributed by atoms with Crippen LogP contribution in [0, 0.1) is 5.92 Å². The number of pyridine rings is 1. The fraction of sp³-hybridized carbons (Fsp3) is 0.438. The van der Waals surface area contributed by atoms with Gasteiger partial charge < -0.3 is 0 Å². The van der Waals surface area contributed by atoms with E-state index in [1.807, 2.05) is 18.2 Å². The van der Waals surface area contributed by atoms with Gasteiger partial charge in [-0.05, 0) is 30.9 Å². The van der Waals surface area contributed by atoms with Gasteiger partial charge in [-0.1, -0.05) is 24.6 Å². The van der Waals surface area contributed by atoms with E-state index in [2.05, 4.69) is 20.6 Å². The minimum Gasteiger partial charge on any atom is -0.257 e. The van der Waals surface area contributed by atoms with Crippen molar-refractivity contribution >= 4 is 20.9 Å². The number of para-hydroxylation sites is 1. The number of nitrogens with one attached hydrogen (secondary N) is 3. The van der Waals surface area contributed by atoms with Crippen LogP contribution in [0.25, 0.3) is 10.9 Å². The van der Waals surface area contributed by atoms with E-state index in [4.69, 9.17) is 0 Å². The molecule has 2 aliphatic rings. The number of hydrogen-bond donors (Lipinski definition) is 3. The molecule has 1 aromatic heterocycles. The van der Waals surface area contributed by atoms with Crippen LogP contribution < -0.4 is 15.6 Å². The fourth-order valence-electron chi connectivity index (χ4n) is 3.73. The third kappa shape index (κ3) is 2.74. The highest BCUT2D eigenvalue weighted by molar-refractivity contribution is 7.89. The SMILES string of the molecule is O=S(=O)(NC1CCCC2CNNC21)c1cccc2cccnc12. The van der Waals surface area contributed by atoms with E-state index in [1.165, 1.54) is 0 Å². The topological polar surface area (TPSA) is 83.1 Å². The average Bonchev–Trinajstić information content (AvgIpc) is 3.04. The van der Waals surface area contributed by atoms with E-state index < -0.39 is 10.0 Å². The third-order valence-corrected chi connectivity index (χ3v) is 6.38. The molecule has 2 aromatic rings. The third-order valence-electron chi connectivity index (χ3n) is 4.86. The van der Waals surface area contributed by atoms with Crippen LogP contribution in [0.1, 0.15) is 19.3 Å². The predicted octanol–water partition coefficient (Wildman–Crippen LogP) is 1.16. The Labute approximate surface area is 135 Å². The van der Waals surface area contributed by atoms with Crippen molar-refractivity contribution in [1.82, 2.24) is 20.6 Å². The lowest BCUT2D eigenvalue weighted by Gasteiger charge is -2.33. The Morgan fingerprint density at radius 3 is 2.96 bits per heavy atom. The van der Waals surface area contributed by atoms with Crippen molar-refractivity contribution in [3.63, 3.8) is 0 Å². The molecule has 1 aromatic carbocycles. The molecular formula is C16H20N4O2S. The molecule has 3 N–H and O–H groups in total. The maximum atomic E-state index is 12.9. The van der Waals surface area contributed by atoms with Gasteiger partial charge in [-0.25, -0.2) is 13.1 Å². The summed E-state index contributed by atoms with van der Waals surface area (Å²) < 4.78 is 28.7. The van der Waals surface area contributed by atoms with Gasteiger partial charge in [-0.2, -0.15) is 0 Å². The van der Waals surface area contributed by atoms with Crippen LogP contribution in [0.3, 0.4) is 0 Å². The van der Waals surface area contributed by atoms with Gasteiger partial charge >= 0.3 is 0 Å². The maximum Gasteiger partial charge on any atom is 0.243 e. The van der Waals surface area contributed by atoms with Crippen molar-refractivity contribution in [3.8, 4) is 0 Å². The Hall–Kier alpha value is -1.54. The van der Waals surface area contributed by atoms with Gasteiger partial charge in [0.25, 0.3) is 0 Å². The van der Waals surface area contributed by atoms with E-state index in [9.17, 15) is 8.42 Å². The highest BCUT2D eigenvalue weighted by atomic mass is 32.2. The summed E-state index contributed by atoms with van der Waals surface area (Å²) >= 11 is 0. The van der Waals surface area contributed by atoms with Crippen molar-refractivity contribution in [2.75, 3.05) is 6.54 Å². The highest BCUT2D eigenvalue weighted by Crippen LogP contribution is 2.28. The molecule has 1 saturated heterocycles. The van der Waals surface area contributed by atoms with Crippen LogP contribution in [-0.2, 0) is 10.0 Å². The second-order valence-corrected chi connectivity index (χ2v) is 7.98. The molecule has 1 saturated carbocycles. The second-order valence-electron chi connectivity index (χ2n) is 6.30. The van der Waals surface area contributed by atoms with Crippen molar-refractivity contribution in [2.24, 2.45) is 5.92 Å². The van der Waals surface area contributed by atoms with Gasteiger partial charge in [-0.3, -0.25) is 15.8 Å². The summed E-state index contributed by atoms with van der Waals surface area (Å²) in [6, 6.07) is 9.01. The van der Waals surface area contributed by atoms with Crippen LogP contribution >= 0.6 is 0 Å². The first kappa shape index (κ1) is 15.0. The number of benzene rings is 1. The number of hydrogen-bond acceptors (Lipinski definition) is 5. The Morgan fingerprint density at radius 2 is 2.04 bits per heavy atom. The van der Waals surface area contributed by atoms with Gasteiger partial charge in [0, 0.05) is 30.2 Å². The molecule has 23 heavy (non-hydrogen) atoms. The van der Waals surface area contributed by atoms with Crippen molar-refractivity contribution in [2.45, 2.75) is 36.2 Å². The smallest absolute Gasteiger partial charge is 0.243 e. The largest absolute Gasteiger partial charge is 0.257 e. The minimum absolute atomic E-state index is 0.0901. The van der Waals surface area contributed by atoms with Crippen LogP contribution in [0.5, 0.6) is 0 Å². The van der Waals surface area contributed by atoms with Gasteiger partial charge in [-0.15, -0.1) is 0 Å². The Kier molecular flexibility index (Phi) is 3.81. The summed E-state index contributed by atoms with van der Waals surface area (Å²) in [7, 11) is -3.61. The first-order chi connectivity index (χ1) is 11.1. The number of aromatic nitrogens is 1. The predicted molar refractivity (Wildman–Crippen MR) is 88.1 cm³/mol. The molecule has 0 amide bonds. The molecule has 1 aliphatic heterocycles. The van der Waals surface area contributed by atoms with Crippen molar-refractivity contribution in [1.29, 1.82) is 0 Å². The lowest BCUT2D eigenvalue weighted by molar-refractivity contribution is 0.279. The molecule has 1 aliphatic carbocycles. The second kappa shape index (κ2) is 5.83. The number of rotatable bonds is 3. The number of hydrazine groups is 1. The van der Waals surface area contributed by atoms with Crippen LogP contribution in [0.2, 0.25) is 0 Å². The summed E-state index contributed by atoms with van der Waals surface area (Å²) in [6.07, 6.45) is 4.66. The molecule has 2 fully saturated rings. The fourth-order valence-corrected chi connectivity index (χ4v) is 5.20.